The molecule has 28 heavy (non-hydrogen) atoms. The number of allylic oxidation sites excluding steroid dienone is 2. The molecule has 3 aliphatic rings. The molecule has 0 unspecified atom stereocenters. The lowest BCUT2D eigenvalue weighted by Crippen LogP contribution is -2.28. The number of fused-ring (bicyclic) bond motifs is 5. The third-order valence-electron chi connectivity index (χ3n) is 5.37. The van der Waals surface area contributed by atoms with Crippen molar-refractivity contribution in [2.75, 3.05) is 13.7 Å². The Labute approximate surface area is 165 Å². The Hall–Kier alpha value is -2.87. The number of carboxylic acids is 1. The molecule has 0 aromatic heterocycles. The molecular weight excluding hydrogens is 388 g/mol. The fraction of sp³-hybridized carbons (Fsp3) is 0.368. The molecule has 2 aliphatic carbocycles. The lowest BCUT2D eigenvalue weighted by atomic mass is 9.85. The first-order chi connectivity index (χ1) is 13.4. The minimum atomic E-state index is -1.17. The second kappa shape index (κ2) is 6.94. The van der Waals surface area contributed by atoms with Gasteiger partial charge in [-0.2, -0.15) is 10.1 Å². The van der Waals surface area contributed by atoms with Crippen molar-refractivity contribution in [1.29, 1.82) is 0 Å². The largest absolute Gasteiger partial charge is 0.493 e. The number of carbonyl (C=O) groups is 3. The fourth-order valence-corrected chi connectivity index (χ4v) is 4.46. The maximum absolute atomic E-state index is 12.7. The van der Waals surface area contributed by atoms with E-state index in [2.05, 4.69) is 5.10 Å². The summed E-state index contributed by atoms with van der Waals surface area (Å²) >= 11 is 6.07. The van der Waals surface area contributed by atoms with Crippen LogP contribution in [0.3, 0.4) is 0 Å². The Bertz CT molecular complexity index is 897. The number of halogens is 1. The number of methoxy groups -OCH3 is 1. The Kier molecular flexibility index (Phi) is 4.58. The van der Waals surface area contributed by atoms with E-state index >= 15 is 0 Å². The summed E-state index contributed by atoms with van der Waals surface area (Å²) < 4.78 is 10.5. The van der Waals surface area contributed by atoms with Crippen LogP contribution in [0.5, 0.6) is 11.5 Å². The zero-order valence-corrected chi connectivity index (χ0v) is 15.6. The van der Waals surface area contributed by atoms with Crippen LogP contribution >= 0.6 is 11.6 Å². The average Bonchev–Trinajstić information content (AvgIpc) is 3.33. The third kappa shape index (κ3) is 2.93. The van der Waals surface area contributed by atoms with Gasteiger partial charge in [-0.3, -0.25) is 9.59 Å². The molecule has 4 rings (SSSR count). The van der Waals surface area contributed by atoms with Crippen molar-refractivity contribution in [3.63, 3.8) is 0 Å². The summed E-state index contributed by atoms with van der Waals surface area (Å²) in [5.41, 5.74) is 0.296. The van der Waals surface area contributed by atoms with Crippen LogP contribution in [0.15, 0.2) is 29.4 Å². The van der Waals surface area contributed by atoms with Gasteiger partial charge >= 0.3 is 5.97 Å². The van der Waals surface area contributed by atoms with E-state index in [1.165, 1.54) is 25.5 Å². The second-order valence-electron chi connectivity index (χ2n) is 6.94. The monoisotopic (exact) mass is 404 g/mol. The Morgan fingerprint density at radius 2 is 1.93 bits per heavy atom. The molecule has 8 nitrogen and oxygen atoms in total. The van der Waals surface area contributed by atoms with E-state index in [-0.39, 0.29) is 47.0 Å². The number of rotatable bonds is 6. The van der Waals surface area contributed by atoms with Crippen molar-refractivity contribution < 1.29 is 29.0 Å². The zero-order chi connectivity index (χ0) is 20.0. The lowest BCUT2D eigenvalue weighted by Gasteiger charge is -2.14. The molecule has 2 amide bonds. The molecule has 1 N–H and O–H groups in total. The number of hydrazone groups is 1. The second-order valence-corrected chi connectivity index (χ2v) is 7.38. The van der Waals surface area contributed by atoms with Gasteiger partial charge in [0.25, 0.3) is 11.8 Å². The van der Waals surface area contributed by atoms with Gasteiger partial charge in [0, 0.05) is 16.7 Å². The van der Waals surface area contributed by atoms with Crippen molar-refractivity contribution in [3.05, 3.63) is 34.9 Å². The molecule has 0 radical (unpaired) electrons. The number of imide groups is 1. The SMILES string of the molecule is COc1cc(Cl)cc(C=NN2C(=O)[C@@H]3[C@H](C2=O)[C@H]2C=C[C@H]3C2)c1OCC(=O)O. The van der Waals surface area contributed by atoms with Gasteiger partial charge in [0.2, 0.25) is 0 Å². The van der Waals surface area contributed by atoms with Crippen LogP contribution in [0, 0.1) is 23.7 Å². The number of benzene rings is 1. The molecule has 1 aromatic rings. The van der Waals surface area contributed by atoms with Gasteiger partial charge in [0.05, 0.1) is 25.2 Å². The van der Waals surface area contributed by atoms with Crippen molar-refractivity contribution >= 4 is 35.6 Å². The summed E-state index contributed by atoms with van der Waals surface area (Å²) in [6.07, 6.45) is 6.11. The van der Waals surface area contributed by atoms with Gasteiger partial charge in [-0.25, -0.2) is 4.79 Å². The molecule has 146 valence electrons. The minimum absolute atomic E-state index is 0.0902. The molecule has 4 atom stereocenters. The summed E-state index contributed by atoms with van der Waals surface area (Å²) in [5.74, 6) is -1.99. The Morgan fingerprint density at radius 1 is 1.29 bits per heavy atom. The lowest BCUT2D eigenvalue weighted by molar-refractivity contribution is -0.141. The van der Waals surface area contributed by atoms with Crippen molar-refractivity contribution in [3.8, 4) is 11.5 Å². The number of aliphatic carboxylic acids is 1. The number of hydrogen-bond donors (Lipinski definition) is 1. The van der Waals surface area contributed by atoms with Gasteiger partial charge < -0.3 is 14.6 Å². The zero-order valence-electron chi connectivity index (χ0n) is 14.9. The molecule has 2 bridgehead atoms. The molecule has 2 fully saturated rings. The van der Waals surface area contributed by atoms with Crippen LogP contribution in [0.25, 0.3) is 0 Å². The highest BCUT2D eigenvalue weighted by Gasteiger charge is 2.59. The van der Waals surface area contributed by atoms with Crippen LogP contribution in [-0.4, -0.2) is 47.8 Å². The van der Waals surface area contributed by atoms with Crippen molar-refractivity contribution in [1.82, 2.24) is 5.01 Å². The fourth-order valence-electron chi connectivity index (χ4n) is 4.25. The molecule has 1 saturated carbocycles. The quantitative estimate of drug-likeness (QED) is 0.441. The van der Waals surface area contributed by atoms with Crippen LogP contribution in [0.4, 0.5) is 0 Å². The summed E-state index contributed by atoms with van der Waals surface area (Å²) in [6.45, 7) is -0.598. The number of ether oxygens (including phenoxy) is 2. The summed E-state index contributed by atoms with van der Waals surface area (Å²) in [7, 11) is 1.39. The van der Waals surface area contributed by atoms with Crippen LogP contribution in [-0.2, 0) is 14.4 Å². The van der Waals surface area contributed by atoms with E-state index in [1.807, 2.05) is 12.2 Å². The first kappa shape index (κ1) is 18.5. The smallest absolute Gasteiger partial charge is 0.341 e. The normalized spacial score (nSPS) is 27.7. The number of amides is 2. The highest BCUT2D eigenvalue weighted by Crippen LogP contribution is 2.52. The Balaban J connectivity index is 1.63. The van der Waals surface area contributed by atoms with Crippen LogP contribution in [0.2, 0.25) is 5.02 Å². The highest BCUT2D eigenvalue weighted by molar-refractivity contribution is 6.31. The summed E-state index contributed by atoms with van der Waals surface area (Å²) in [4.78, 5) is 36.2. The summed E-state index contributed by atoms with van der Waals surface area (Å²) in [6, 6.07) is 2.96. The molecule has 1 saturated heterocycles. The van der Waals surface area contributed by atoms with E-state index in [0.717, 1.165) is 11.4 Å². The van der Waals surface area contributed by atoms with Gasteiger partial charge in [0.15, 0.2) is 18.1 Å². The average molecular weight is 405 g/mol. The van der Waals surface area contributed by atoms with E-state index < -0.39 is 12.6 Å². The van der Waals surface area contributed by atoms with Crippen LogP contribution < -0.4 is 9.47 Å². The molecule has 1 heterocycles. The maximum Gasteiger partial charge on any atom is 0.341 e. The molecule has 9 heteroatoms. The molecule has 1 aliphatic heterocycles. The standard InChI is InChI=1S/C19H17ClN2O6/c1-27-13-6-12(20)5-11(17(13)28-8-14(23)24)7-21-22-18(25)15-9-2-3-10(4-9)16(15)19(22)26/h2-3,5-7,9-10,15-16H,4,8H2,1H3,(H,23,24)/t9-,10-,15-,16+/m0/s1. The van der Waals surface area contributed by atoms with E-state index in [9.17, 15) is 14.4 Å². The Morgan fingerprint density at radius 3 is 2.50 bits per heavy atom. The number of carbonyl (C=O) groups excluding carboxylic acids is 2. The predicted molar refractivity (Wildman–Crippen MR) is 98.3 cm³/mol. The van der Waals surface area contributed by atoms with Gasteiger partial charge in [-0.15, -0.1) is 0 Å². The predicted octanol–water partition coefficient (Wildman–Crippen LogP) is 1.95. The topological polar surface area (TPSA) is 106 Å². The van der Waals surface area contributed by atoms with E-state index in [4.69, 9.17) is 26.2 Å². The molecular formula is C19H17ClN2O6. The number of nitrogens with zero attached hydrogens (tertiary/aromatic N) is 2. The van der Waals surface area contributed by atoms with Gasteiger partial charge in [0.1, 0.15) is 0 Å². The van der Waals surface area contributed by atoms with Crippen molar-refractivity contribution in [2.45, 2.75) is 6.42 Å². The van der Waals surface area contributed by atoms with Gasteiger partial charge in [-0.1, -0.05) is 23.8 Å². The van der Waals surface area contributed by atoms with Crippen LogP contribution in [0.1, 0.15) is 12.0 Å². The first-order valence-electron chi connectivity index (χ1n) is 8.73. The first-order valence-corrected chi connectivity index (χ1v) is 9.10. The van der Waals surface area contributed by atoms with Gasteiger partial charge in [-0.05, 0) is 24.3 Å². The van der Waals surface area contributed by atoms with E-state index in [0.29, 0.717) is 10.6 Å². The highest BCUT2D eigenvalue weighted by atomic mass is 35.5. The minimum Gasteiger partial charge on any atom is -0.493 e. The van der Waals surface area contributed by atoms with Crippen molar-refractivity contribution in [2.24, 2.45) is 28.8 Å². The van der Waals surface area contributed by atoms with E-state index in [1.54, 1.807) is 0 Å². The number of carboxylic acid groups (broad SMARTS) is 1. The summed E-state index contributed by atoms with van der Waals surface area (Å²) in [5, 5.41) is 14.2. The molecule has 1 aromatic carbocycles. The molecule has 0 spiro atoms. The third-order valence-corrected chi connectivity index (χ3v) is 5.59. The maximum atomic E-state index is 12.7. The number of hydrogen-bond acceptors (Lipinski definition) is 6.